The minimum Gasteiger partial charge on any atom is -0.322 e. The molecule has 31 heavy (non-hydrogen) atoms. The predicted octanol–water partition coefficient (Wildman–Crippen LogP) is 2.79. The summed E-state index contributed by atoms with van der Waals surface area (Å²) in [5.74, 6) is -2.27. The van der Waals surface area contributed by atoms with Gasteiger partial charge in [-0.25, -0.2) is 22.7 Å². The minimum atomic E-state index is -0.822. The number of amides is 1. The molecule has 0 aliphatic rings. The molecule has 1 amide bonds. The maximum atomic E-state index is 13.8. The van der Waals surface area contributed by atoms with E-state index in [1.165, 1.54) is 27.2 Å². The van der Waals surface area contributed by atoms with Crippen molar-refractivity contribution in [1.29, 1.82) is 0 Å². The monoisotopic (exact) mass is 447 g/mol. The quantitative estimate of drug-likeness (QED) is 0.509. The van der Waals surface area contributed by atoms with Gasteiger partial charge in [0.25, 0.3) is 5.56 Å². The molecule has 2 aromatic heterocycles. The second kappa shape index (κ2) is 7.95. The van der Waals surface area contributed by atoms with Crippen LogP contribution in [0.15, 0.2) is 46.0 Å². The van der Waals surface area contributed by atoms with Crippen LogP contribution >= 0.6 is 11.6 Å². The Morgan fingerprint density at radius 3 is 2.68 bits per heavy atom. The van der Waals surface area contributed by atoms with Crippen molar-refractivity contribution in [2.75, 3.05) is 5.32 Å². The first-order valence-corrected chi connectivity index (χ1v) is 9.74. The van der Waals surface area contributed by atoms with Gasteiger partial charge in [-0.2, -0.15) is 0 Å². The van der Waals surface area contributed by atoms with Gasteiger partial charge >= 0.3 is 5.69 Å². The Morgan fingerprint density at radius 1 is 1.16 bits per heavy atom. The van der Waals surface area contributed by atoms with Gasteiger partial charge in [0.1, 0.15) is 18.2 Å². The number of nitrogens with one attached hydrogen (secondary N) is 1. The normalized spacial score (nSPS) is 11.4. The molecule has 160 valence electrons. The second-order valence-electron chi connectivity index (χ2n) is 6.87. The van der Waals surface area contributed by atoms with Crippen molar-refractivity contribution >= 4 is 39.9 Å². The Bertz CT molecular complexity index is 1460. The van der Waals surface area contributed by atoms with Crippen molar-refractivity contribution in [2.24, 2.45) is 0 Å². The van der Waals surface area contributed by atoms with Crippen LogP contribution in [0.2, 0.25) is 5.02 Å². The molecule has 0 bridgehead atoms. The molecule has 0 atom stereocenters. The van der Waals surface area contributed by atoms with E-state index < -0.39 is 29.8 Å². The van der Waals surface area contributed by atoms with E-state index in [0.29, 0.717) is 23.5 Å². The first-order valence-electron chi connectivity index (χ1n) is 9.36. The van der Waals surface area contributed by atoms with Crippen LogP contribution in [0.4, 0.5) is 14.5 Å². The molecule has 0 spiro atoms. The summed E-state index contributed by atoms with van der Waals surface area (Å²) >= 11 is 6.02. The Kier molecular flexibility index (Phi) is 5.32. The average Bonchev–Trinajstić information content (AvgIpc) is 3.04. The first kappa shape index (κ1) is 20.7. The maximum Gasteiger partial charge on any atom is 0.352 e. The molecule has 11 heteroatoms. The van der Waals surface area contributed by atoms with E-state index >= 15 is 0 Å². The lowest BCUT2D eigenvalue weighted by molar-refractivity contribution is -0.117. The average molecular weight is 448 g/mol. The summed E-state index contributed by atoms with van der Waals surface area (Å²) in [6.45, 7) is 1.59. The van der Waals surface area contributed by atoms with Gasteiger partial charge in [0.05, 0.1) is 16.6 Å². The summed E-state index contributed by atoms with van der Waals surface area (Å²) in [6, 6.07) is 7.16. The molecular formula is C20H16ClF2N5O3. The Hall–Kier alpha value is -3.53. The van der Waals surface area contributed by atoms with Gasteiger partial charge in [-0.1, -0.05) is 18.5 Å². The summed E-state index contributed by atoms with van der Waals surface area (Å²) in [4.78, 5) is 38.3. The third-order valence-electron chi connectivity index (χ3n) is 4.68. The van der Waals surface area contributed by atoms with Gasteiger partial charge in [-0.05, 0) is 36.8 Å². The van der Waals surface area contributed by atoms with E-state index in [9.17, 15) is 23.2 Å². The van der Waals surface area contributed by atoms with E-state index in [2.05, 4.69) is 10.4 Å². The standard InChI is InChI=1S/C20H16ClF2N5O3/c1-2-7-26-18(30)13-8-11(21)3-6-16(13)28-19(26)25-27(20(28)31)10-17(29)24-15-9-12(22)4-5-14(15)23/h3-6,8-9H,2,7,10H2,1H3,(H,24,29). The van der Waals surface area contributed by atoms with Crippen molar-refractivity contribution < 1.29 is 13.6 Å². The molecule has 0 saturated heterocycles. The smallest absolute Gasteiger partial charge is 0.322 e. The van der Waals surface area contributed by atoms with Crippen LogP contribution in [0.1, 0.15) is 13.3 Å². The van der Waals surface area contributed by atoms with E-state index in [1.54, 1.807) is 0 Å². The van der Waals surface area contributed by atoms with Crippen molar-refractivity contribution in [3.05, 3.63) is 73.9 Å². The molecule has 2 heterocycles. The highest BCUT2D eigenvalue weighted by molar-refractivity contribution is 6.31. The molecule has 0 radical (unpaired) electrons. The van der Waals surface area contributed by atoms with Crippen LogP contribution in [-0.2, 0) is 17.9 Å². The van der Waals surface area contributed by atoms with Gasteiger partial charge in [0, 0.05) is 17.6 Å². The zero-order chi connectivity index (χ0) is 22.3. The first-order chi connectivity index (χ1) is 14.8. The van der Waals surface area contributed by atoms with Crippen molar-refractivity contribution in [1.82, 2.24) is 18.7 Å². The summed E-state index contributed by atoms with van der Waals surface area (Å²) < 4.78 is 30.5. The molecule has 0 aliphatic heterocycles. The third-order valence-corrected chi connectivity index (χ3v) is 4.92. The number of benzene rings is 2. The van der Waals surface area contributed by atoms with Gasteiger partial charge in [-0.3, -0.25) is 14.2 Å². The van der Waals surface area contributed by atoms with Crippen LogP contribution in [0.25, 0.3) is 16.7 Å². The third kappa shape index (κ3) is 3.70. The number of hydrogen-bond donors (Lipinski definition) is 1. The van der Waals surface area contributed by atoms with Crippen LogP contribution < -0.4 is 16.6 Å². The van der Waals surface area contributed by atoms with Crippen LogP contribution in [-0.4, -0.2) is 24.7 Å². The lowest BCUT2D eigenvalue weighted by Crippen LogP contribution is -2.29. The fourth-order valence-corrected chi connectivity index (χ4v) is 3.51. The fourth-order valence-electron chi connectivity index (χ4n) is 3.34. The summed E-state index contributed by atoms with van der Waals surface area (Å²) in [5, 5.41) is 6.95. The van der Waals surface area contributed by atoms with E-state index in [1.807, 2.05) is 6.92 Å². The highest BCUT2D eigenvalue weighted by Crippen LogP contribution is 2.18. The number of aryl methyl sites for hydroxylation is 1. The van der Waals surface area contributed by atoms with Gasteiger partial charge in [0.15, 0.2) is 0 Å². The van der Waals surface area contributed by atoms with E-state index in [-0.39, 0.29) is 22.4 Å². The fraction of sp³-hybridized carbons (Fsp3) is 0.200. The van der Waals surface area contributed by atoms with Crippen molar-refractivity contribution in [2.45, 2.75) is 26.4 Å². The molecule has 0 saturated carbocycles. The molecule has 0 fully saturated rings. The molecule has 0 unspecified atom stereocenters. The number of rotatable bonds is 5. The molecule has 1 N–H and O–H groups in total. The SMILES string of the molecule is CCCn1c(=O)c2cc(Cl)ccc2n2c(=O)n(CC(=O)Nc3cc(F)ccc3F)nc12. The molecule has 4 aromatic rings. The van der Waals surface area contributed by atoms with Crippen LogP contribution in [0, 0.1) is 11.6 Å². The van der Waals surface area contributed by atoms with E-state index in [0.717, 1.165) is 22.9 Å². The molecule has 8 nitrogen and oxygen atoms in total. The predicted molar refractivity (Wildman–Crippen MR) is 112 cm³/mol. The Labute approximate surface area is 178 Å². The molecule has 0 aliphatic carbocycles. The lowest BCUT2D eigenvalue weighted by atomic mass is 10.2. The lowest BCUT2D eigenvalue weighted by Gasteiger charge is -2.08. The Morgan fingerprint density at radius 2 is 1.94 bits per heavy atom. The van der Waals surface area contributed by atoms with Crippen LogP contribution in [0.3, 0.4) is 0 Å². The van der Waals surface area contributed by atoms with Gasteiger partial charge < -0.3 is 5.32 Å². The minimum absolute atomic E-state index is 0.0661. The number of carbonyl (C=O) groups excluding carboxylic acids is 1. The highest BCUT2D eigenvalue weighted by Gasteiger charge is 2.19. The largest absolute Gasteiger partial charge is 0.352 e. The number of aromatic nitrogens is 4. The summed E-state index contributed by atoms with van der Waals surface area (Å²) in [5.41, 5.74) is -1.09. The van der Waals surface area contributed by atoms with Gasteiger partial charge in [0.2, 0.25) is 11.7 Å². The molecule has 2 aromatic carbocycles. The zero-order valence-corrected chi connectivity index (χ0v) is 17.0. The number of nitrogens with zero attached hydrogens (tertiary/aromatic N) is 4. The summed E-state index contributed by atoms with van der Waals surface area (Å²) in [6.07, 6.45) is 0.599. The number of carbonyl (C=O) groups is 1. The maximum absolute atomic E-state index is 13.8. The number of anilines is 1. The number of halogens is 3. The van der Waals surface area contributed by atoms with E-state index in [4.69, 9.17) is 11.6 Å². The van der Waals surface area contributed by atoms with Crippen LogP contribution in [0.5, 0.6) is 0 Å². The highest BCUT2D eigenvalue weighted by atomic mass is 35.5. The second-order valence-corrected chi connectivity index (χ2v) is 7.30. The van der Waals surface area contributed by atoms with Crippen molar-refractivity contribution in [3.63, 3.8) is 0 Å². The van der Waals surface area contributed by atoms with Crippen molar-refractivity contribution in [3.8, 4) is 0 Å². The van der Waals surface area contributed by atoms with Gasteiger partial charge in [-0.15, -0.1) is 5.10 Å². The molecular weight excluding hydrogens is 432 g/mol. The zero-order valence-electron chi connectivity index (χ0n) is 16.2. The summed E-state index contributed by atoms with van der Waals surface area (Å²) in [7, 11) is 0. The topological polar surface area (TPSA) is 90.4 Å². The molecule has 4 rings (SSSR count). The number of hydrogen-bond acceptors (Lipinski definition) is 4. The number of fused-ring (bicyclic) bond motifs is 3. The Balaban J connectivity index is 1.82.